The third kappa shape index (κ3) is 2.97. The lowest BCUT2D eigenvalue weighted by Crippen LogP contribution is -2.31. The molecule has 6 nitrogen and oxygen atoms in total. The molecule has 4 rings (SSSR count). The Morgan fingerprint density at radius 3 is 2.96 bits per heavy atom. The molecule has 0 amide bonds. The van der Waals surface area contributed by atoms with E-state index in [9.17, 15) is 10.1 Å². The zero-order valence-electron chi connectivity index (χ0n) is 14.8. The van der Waals surface area contributed by atoms with Crippen molar-refractivity contribution in [3.63, 3.8) is 0 Å². The van der Waals surface area contributed by atoms with Gasteiger partial charge in [0.25, 0.3) is 5.69 Å². The zero-order valence-corrected chi connectivity index (χ0v) is 14.8. The number of hydrogen-bond acceptors (Lipinski definition) is 4. The summed E-state index contributed by atoms with van der Waals surface area (Å²) in [7, 11) is 0. The highest BCUT2D eigenvalue weighted by Crippen LogP contribution is 2.36. The van der Waals surface area contributed by atoms with Gasteiger partial charge in [0.2, 0.25) is 0 Å². The van der Waals surface area contributed by atoms with Crippen LogP contribution in [0.25, 0.3) is 10.9 Å². The lowest BCUT2D eigenvalue weighted by molar-refractivity contribution is -0.384. The maximum absolute atomic E-state index is 11.0. The highest BCUT2D eigenvalue weighted by Gasteiger charge is 2.27. The molecule has 0 bridgehead atoms. The van der Waals surface area contributed by atoms with E-state index in [1.807, 2.05) is 4.68 Å². The quantitative estimate of drug-likeness (QED) is 0.491. The van der Waals surface area contributed by atoms with Crippen LogP contribution < -0.4 is 0 Å². The van der Waals surface area contributed by atoms with E-state index >= 15 is 0 Å². The molecule has 3 aromatic rings. The highest BCUT2D eigenvalue weighted by molar-refractivity contribution is 5.81. The van der Waals surface area contributed by atoms with Crippen molar-refractivity contribution in [3.8, 4) is 0 Å². The smallest absolute Gasteiger partial charge is 0.270 e. The maximum atomic E-state index is 11.0. The van der Waals surface area contributed by atoms with Gasteiger partial charge in [-0.3, -0.25) is 19.7 Å². The van der Waals surface area contributed by atoms with Crippen LogP contribution >= 0.6 is 0 Å². The Balaban J connectivity index is 1.63. The van der Waals surface area contributed by atoms with Gasteiger partial charge in [-0.1, -0.05) is 31.2 Å². The Labute approximate surface area is 152 Å². The first-order valence-electron chi connectivity index (χ1n) is 9.09. The zero-order chi connectivity index (χ0) is 18.1. The first-order chi connectivity index (χ1) is 12.7. The summed E-state index contributed by atoms with van der Waals surface area (Å²) in [4.78, 5) is 13.1. The van der Waals surface area contributed by atoms with E-state index in [0.29, 0.717) is 12.7 Å². The predicted octanol–water partition coefficient (Wildman–Crippen LogP) is 4.30. The van der Waals surface area contributed by atoms with Crippen LogP contribution in [-0.4, -0.2) is 26.1 Å². The third-order valence-corrected chi connectivity index (χ3v) is 5.20. The number of rotatable bonds is 6. The van der Waals surface area contributed by atoms with Crippen molar-refractivity contribution in [2.75, 3.05) is 6.54 Å². The molecule has 0 saturated heterocycles. The van der Waals surface area contributed by atoms with Crippen LogP contribution in [-0.2, 0) is 13.1 Å². The molecule has 1 heterocycles. The summed E-state index contributed by atoms with van der Waals surface area (Å²) in [5.74, 6) is 0. The molecule has 134 valence electrons. The average Bonchev–Trinajstić information content (AvgIpc) is 3.25. The second-order valence-electron chi connectivity index (χ2n) is 6.85. The fourth-order valence-electron chi connectivity index (χ4n) is 4.00. The van der Waals surface area contributed by atoms with Crippen molar-refractivity contribution >= 4 is 16.6 Å². The largest absolute Gasteiger partial charge is 0.277 e. The van der Waals surface area contributed by atoms with Crippen LogP contribution in [0.3, 0.4) is 0 Å². The van der Waals surface area contributed by atoms with E-state index in [-0.39, 0.29) is 10.6 Å². The average molecular weight is 350 g/mol. The predicted molar refractivity (Wildman–Crippen MR) is 101 cm³/mol. The molecule has 2 aromatic carbocycles. The highest BCUT2D eigenvalue weighted by atomic mass is 16.6. The van der Waals surface area contributed by atoms with Gasteiger partial charge in [-0.2, -0.15) is 5.10 Å². The summed E-state index contributed by atoms with van der Waals surface area (Å²) in [5, 5.41) is 16.3. The van der Waals surface area contributed by atoms with E-state index in [4.69, 9.17) is 0 Å². The van der Waals surface area contributed by atoms with Gasteiger partial charge < -0.3 is 0 Å². The van der Waals surface area contributed by atoms with Crippen molar-refractivity contribution in [1.82, 2.24) is 14.7 Å². The first-order valence-corrected chi connectivity index (χ1v) is 9.09. The van der Waals surface area contributed by atoms with E-state index in [0.717, 1.165) is 36.7 Å². The number of aryl methyl sites for hydroxylation is 1. The Morgan fingerprint density at radius 1 is 1.31 bits per heavy atom. The monoisotopic (exact) mass is 350 g/mol. The van der Waals surface area contributed by atoms with Crippen LogP contribution in [0.4, 0.5) is 5.69 Å². The molecule has 0 saturated carbocycles. The Hall–Kier alpha value is -2.73. The topological polar surface area (TPSA) is 64.2 Å². The van der Waals surface area contributed by atoms with Gasteiger partial charge in [-0.15, -0.1) is 0 Å². The van der Waals surface area contributed by atoms with Crippen LogP contribution in [0.2, 0.25) is 0 Å². The molecule has 1 aromatic heterocycles. The Kier molecular flexibility index (Phi) is 4.42. The summed E-state index contributed by atoms with van der Waals surface area (Å²) < 4.78 is 1.95. The lowest BCUT2D eigenvalue weighted by Gasteiger charge is -2.29. The molecule has 0 radical (unpaired) electrons. The minimum atomic E-state index is -0.365. The van der Waals surface area contributed by atoms with Crippen molar-refractivity contribution in [3.05, 3.63) is 69.9 Å². The molecule has 1 aliphatic carbocycles. The summed E-state index contributed by atoms with van der Waals surface area (Å²) in [6.45, 7) is 3.87. The van der Waals surface area contributed by atoms with E-state index in [1.54, 1.807) is 24.4 Å². The van der Waals surface area contributed by atoms with Gasteiger partial charge in [-0.05, 0) is 36.5 Å². The number of aromatic nitrogens is 2. The summed E-state index contributed by atoms with van der Waals surface area (Å²) in [6, 6.07) is 14.0. The molecule has 0 fully saturated rings. The molecular formula is C20H22N4O2. The Morgan fingerprint density at radius 2 is 2.15 bits per heavy atom. The van der Waals surface area contributed by atoms with Crippen LogP contribution in [0.15, 0.2) is 48.7 Å². The standard InChI is InChI=1S/C20H22N4O2/c1-2-11-22(20-9-7-15-5-3-4-6-18(15)20)14-23-19-10-8-17(24(25)26)12-16(19)13-21-23/h3-6,8,10,12-13,20H,2,7,9,11,14H2,1H3/t20-/m0/s1. The number of hydrogen-bond donors (Lipinski definition) is 0. The minimum absolute atomic E-state index is 0.104. The number of nitro groups is 1. The van der Waals surface area contributed by atoms with Gasteiger partial charge in [0.15, 0.2) is 0 Å². The van der Waals surface area contributed by atoms with Crippen molar-refractivity contribution < 1.29 is 4.92 Å². The van der Waals surface area contributed by atoms with Crippen LogP contribution in [0, 0.1) is 10.1 Å². The minimum Gasteiger partial charge on any atom is -0.277 e. The van der Waals surface area contributed by atoms with Crippen molar-refractivity contribution in [1.29, 1.82) is 0 Å². The van der Waals surface area contributed by atoms with E-state index in [2.05, 4.69) is 41.2 Å². The summed E-state index contributed by atoms with van der Waals surface area (Å²) in [6.07, 6.45) is 5.04. The maximum Gasteiger partial charge on any atom is 0.270 e. The molecule has 26 heavy (non-hydrogen) atoms. The molecule has 0 spiro atoms. The first kappa shape index (κ1) is 16.7. The lowest BCUT2D eigenvalue weighted by atomic mass is 10.1. The fourth-order valence-corrected chi connectivity index (χ4v) is 4.00. The van der Waals surface area contributed by atoms with Crippen LogP contribution in [0.1, 0.15) is 36.9 Å². The van der Waals surface area contributed by atoms with Crippen molar-refractivity contribution in [2.24, 2.45) is 0 Å². The number of nitrogens with zero attached hydrogens (tertiary/aromatic N) is 4. The van der Waals surface area contributed by atoms with Gasteiger partial charge in [-0.25, -0.2) is 0 Å². The summed E-state index contributed by atoms with van der Waals surface area (Å²) >= 11 is 0. The number of fused-ring (bicyclic) bond motifs is 2. The number of nitro benzene ring substituents is 1. The van der Waals surface area contributed by atoms with Crippen LogP contribution in [0.5, 0.6) is 0 Å². The second-order valence-corrected chi connectivity index (χ2v) is 6.85. The SMILES string of the molecule is CCCN(Cn1ncc2cc([N+](=O)[O-])ccc21)[C@H]1CCc2ccccc21. The number of non-ortho nitro benzene ring substituents is 1. The Bertz CT molecular complexity index is 950. The molecule has 1 atom stereocenters. The fraction of sp³-hybridized carbons (Fsp3) is 0.350. The van der Waals surface area contributed by atoms with Gasteiger partial charge >= 0.3 is 0 Å². The molecule has 1 aliphatic rings. The van der Waals surface area contributed by atoms with Gasteiger partial charge in [0, 0.05) is 30.1 Å². The third-order valence-electron chi connectivity index (χ3n) is 5.20. The molecule has 0 unspecified atom stereocenters. The summed E-state index contributed by atoms with van der Waals surface area (Å²) in [5.41, 5.74) is 3.91. The number of benzene rings is 2. The molecule has 6 heteroatoms. The van der Waals surface area contributed by atoms with E-state index in [1.165, 1.54) is 11.1 Å². The normalized spacial score (nSPS) is 16.3. The van der Waals surface area contributed by atoms with Crippen molar-refractivity contribution in [2.45, 2.75) is 38.9 Å². The van der Waals surface area contributed by atoms with E-state index < -0.39 is 0 Å². The molecule has 0 N–H and O–H groups in total. The molecular weight excluding hydrogens is 328 g/mol. The molecule has 0 aliphatic heterocycles. The second kappa shape index (κ2) is 6.88. The van der Waals surface area contributed by atoms with Gasteiger partial charge in [0.05, 0.1) is 23.3 Å². The van der Waals surface area contributed by atoms with Gasteiger partial charge in [0.1, 0.15) is 0 Å².